The highest BCUT2D eigenvalue weighted by Gasteiger charge is 1.99. The standard InChI is InChI=1S/C15H18N2O/c1-17(2)13-5-9-15(10-6-13)18-14-7-3-12(11-16)4-8-14/h3-10H,11,16H2,1-2H3. The van der Waals surface area contributed by atoms with E-state index < -0.39 is 0 Å². The van der Waals surface area contributed by atoms with Crippen molar-refractivity contribution in [3.8, 4) is 11.5 Å². The van der Waals surface area contributed by atoms with Gasteiger partial charge in [0.2, 0.25) is 0 Å². The monoisotopic (exact) mass is 242 g/mol. The number of ether oxygens (including phenoxy) is 1. The number of hydrogen-bond acceptors (Lipinski definition) is 3. The summed E-state index contributed by atoms with van der Waals surface area (Å²) in [6.07, 6.45) is 0. The summed E-state index contributed by atoms with van der Waals surface area (Å²) in [7, 11) is 4.03. The molecule has 0 aliphatic heterocycles. The van der Waals surface area contributed by atoms with Crippen LogP contribution in [0.2, 0.25) is 0 Å². The molecule has 2 aromatic rings. The minimum atomic E-state index is 0.553. The first-order chi connectivity index (χ1) is 8.69. The van der Waals surface area contributed by atoms with Gasteiger partial charge in [-0.2, -0.15) is 0 Å². The van der Waals surface area contributed by atoms with Crippen LogP contribution in [0.1, 0.15) is 5.56 Å². The first-order valence-electron chi connectivity index (χ1n) is 5.93. The lowest BCUT2D eigenvalue weighted by Crippen LogP contribution is -2.07. The van der Waals surface area contributed by atoms with E-state index in [1.165, 1.54) is 0 Å². The van der Waals surface area contributed by atoms with Crippen molar-refractivity contribution in [1.82, 2.24) is 0 Å². The lowest BCUT2D eigenvalue weighted by atomic mass is 10.2. The zero-order valence-electron chi connectivity index (χ0n) is 10.8. The minimum absolute atomic E-state index is 0.553. The fraction of sp³-hybridized carbons (Fsp3) is 0.200. The normalized spacial score (nSPS) is 10.2. The van der Waals surface area contributed by atoms with E-state index in [9.17, 15) is 0 Å². The molecule has 0 bridgehead atoms. The third-order valence-corrected chi connectivity index (χ3v) is 2.75. The summed E-state index contributed by atoms with van der Waals surface area (Å²) in [4.78, 5) is 2.06. The maximum Gasteiger partial charge on any atom is 0.127 e. The Morgan fingerprint density at radius 2 is 1.39 bits per heavy atom. The average Bonchev–Trinajstić information content (AvgIpc) is 2.40. The number of hydrogen-bond donors (Lipinski definition) is 1. The van der Waals surface area contributed by atoms with Gasteiger partial charge in [-0.15, -0.1) is 0 Å². The second-order valence-corrected chi connectivity index (χ2v) is 4.34. The van der Waals surface area contributed by atoms with E-state index in [2.05, 4.69) is 4.90 Å². The molecular formula is C15H18N2O. The second-order valence-electron chi connectivity index (χ2n) is 4.34. The highest BCUT2D eigenvalue weighted by Crippen LogP contribution is 2.23. The Bertz CT molecular complexity index is 489. The van der Waals surface area contributed by atoms with Gasteiger partial charge in [0.05, 0.1) is 0 Å². The van der Waals surface area contributed by atoms with Crippen LogP contribution in [0.4, 0.5) is 5.69 Å². The van der Waals surface area contributed by atoms with Crippen LogP contribution in [0, 0.1) is 0 Å². The predicted molar refractivity (Wildman–Crippen MR) is 75.2 cm³/mol. The Kier molecular flexibility index (Phi) is 3.85. The predicted octanol–water partition coefficient (Wildman–Crippen LogP) is 3.00. The highest BCUT2D eigenvalue weighted by molar-refractivity contribution is 5.48. The van der Waals surface area contributed by atoms with Crippen LogP contribution in [0.25, 0.3) is 0 Å². The van der Waals surface area contributed by atoms with Crippen molar-refractivity contribution in [3.05, 3.63) is 54.1 Å². The molecule has 94 valence electrons. The highest BCUT2D eigenvalue weighted by atomic mass is 16.5. The molecule has 0 aliphatic rings. The smallest absolute Gasteiger partial charge is 0.127 e. The SMILES string of the molecule is CN(C)c1ccc(Oc2ccc(CN)cc2)cc1. The summed E-state index contributed by atoms with van der Waals surface area (Å²) in [5.74, 6) is 1.66. The van der Waals surface area contributed by atoms with Crippen molar-refractivity contribution in [2.24, 2.45) is 5.73 Å². The zero-order valence-corrected chi connectivity index (χ0v) is 10.8. The van der Waals surface area contributed by atoms with Crippen molar-refractivity contribution in [3.63, 3.8) is 0 Å². The van der Waals surface area contributed by atoms with Crippen LogP contribution in [-0.4, -0.2) is 14.1 Å². The number of rotatable bonds is 4. The number of anilines is 1. The van der Waals surface area contributed by atoms with E-state index in [0.29, 0.717) is 6.54 Å². The third kappa shape index (κ3) is 3.02. The molecule has 18 heavy (non-hydrogen) atoms. The van der Waals surface area contributed by atoms with E-state index in [4.69, 9.17) is 10.5 Å². The van der Waals surface area contributed by atoms with Crippen molar-refractivity contribution >= 4 is 5.69 Å². The summed E-state index contributed by atoms with van der Waals surface area (Å²) in [5.41, 5.74) is 7.81. The summed E-state index contributed by atoms with van der Waals surface area (Å²) >= 11 is 0. The first-order valence-corrected chi connectivity index (χ1v) is 5.93. The van der Waals surface area contributed by atoms with Gasteiger partial charge in [0.25, 0.3) is 0 Å². The van der Waals surface area contributed by atoms with Crippen molar-refractivity contribution in [2.45, 2.75) is 6.54 Å². The first kappa shape index (κ1) is 12.5. The van der Waals surface area contributed by atoms with Gasteiger partial charge in [0.15, 0.2) is 0 Å². The molecule has 0 atom stereocenters. The van der Waals surface area contributed by atoms with Crippen LogP contribution >= 0.6 is 0 Å². The molecule has 0 unspecified atom stereocenters. The maximum atomic E-state index is 5.75. The van der Waals surface area contributed by atoms with Crippen LogP contribution < -0.4 is 15.4 Å². The number of benzene rings is 2. The molecule has 3 heteroatoms. The molecule has 0 spiro atoms. The van der Waals surface area contributed by atoms with E-state index in [1.54, 1.807) is 0 Å². The molecule has 2 rings (SSSR count). The molecule has 2 aromatic carbocycles. The average molecular weight is 242 g/mol. The molecule has 0 aromatic heterocycles. The van der Waals surface area contributed by atoms with Crippen molar-refractivity contribution < 1.29 is 4.74 Å². The molecule has 0 radical (unpaired) electrons. The minimum Gasteiger partial charge on any atom is -0.457 e. The Balaban J connectivity index is 2.08. The Hall–Kier alpha value is -2.00. The number of nitrogens with two attached hydrogens (primary N) is 1. The molecule has 3 nitrogen and oxygen atoms in total. The summed E-state index contributed by atoms with van der Waals surface area (Å²) in [6, 6.07) is 15.8. The van der Waals surface area contributed by atoms with Crippen LogP contribution in [0.5, 0.6) is 11.5 Å². The Labute approximate surface area is 108 Å². The molecule has 0 heterocycles. The topological polar surface area (TPSA) is 38.5 Å². The van der Waals surface area contributed by atoms with Crippen molar-refractivity contribution in [2.75, 3.05) is 19.0 Å². The molecule has 2 N–H and O–H groups in total. The van der Waals surface area contributed by atoms with Crippen LogP contribution in [-0.2, 0) is 6.54 Å². The molecule has 0 fully saturated rings. The lowest BCUT2D eigenvalue weighted by Gasteiger charge is -2.13. The van der Waals surface area contributed by atoms with Gasteiger partial charge >= 0.3 is 0 Å². The zero-order chi connectivity index (χ0) is 13.0. The second kappa shape index (κ2) is 5.56. The molecule has 0 saturated heterocycles. The lowest BCUT2D eigenvalue weighted by molar-refractivity contribution is 0.482. The fourth-order valence-electron chi connectivity index (χ4n) is 1.64. The summed E-state index contributed by atoms with van der Waals surface area (Å²) < 4.78 is 5.75. The van der Waals surface area contributed by atoms with Gasteiger partial charge in [-0.3, -0.25) is 0 Å². The van der Waals surface area contributed by atoms with Crippen LogP contribution in [0.3, 0.4) is 0 Å². The van der Waals surface area contributed by atoms with Crippen LogP contribution in [0.15, 0.2) is 48.5 Å². The Morgan fingerprint density at radius 1 is 0.889 bits per heavy atom. The van der Waals surface area contributed by atoms with E-state index in [0.717, 1.165) is 22.7 Å². The summed E-state index contributed by atoms with van der Waals surface area (Å²) in [6.45, 7) is 0.553. The van der Waals surface area contributed by atoms with E-state index in [-0.39, 0.29) is 0 Å². The summed E-state index contributed by atoms with van der Waals surface area (Å²) in [5, 5.41) is 0. The molecule has 0 saturated carbocycles. The fourth-order valence-corrected chi connectivity index (χ4v) is 1.64. The van der Waals surface area contributed by atoms with Gasteiger partial charge in [-0.1, -0.05) is 12.1 Å². The van der Waals surface area contributed by atoms with Gasteiger partial charge in [0, 0.05) is 26.3 Å². The maximum absolute atomic E-state index is 5.75. The van der Waals surface area contributed by atoms with Gasteiger partial charge in [0.1, 0.15) is 11.5 Å². The van der Waals surface area contributed by atoms with Crippen molar-refractivity contribution in [1.29, 1.82) is 0 Å². The van der Waals surface area contributed by atoms with E-state index >= 15 is 0 Å². The number of nitrogens with zero attached hydrogens (tertiary/aromatic N) is 1. The molecular weight excluding hydrogens is 224 g/mol. The largest absolute Gasteiger partial charge is 0.457 e. The van der Waals surface area contributed by atoms with Gasteiger partial charge in [-0.25, -0.2) is 0 Å². The van der Waals surface area contributed by atoms with Gasteiger partial charge < -0.3 is 15.4 Å². The van der Waals surface area contributed by atoms with Gasteiger partial charge in [-0.05, 0) is 42.0 Å². The quantitative estimate of drug-likeness (QED) is 0.895. The Morgan fingerprint density at radius 3 is 1.83 bits per heavy atom. The molecule has 0 aliphatic carbocycles. The third-order valence-electron chi connectivity index (χ3n) is 2.75. The molecule has 0 amide bonds. The van der Waals surface area contributed by atoms with E-state index in [1.807, 2.05) is 62.6 Å².